The molecule has 0 amide bonds. The van der Waals surface area contributed by atoms with E-state index in [4.69, 9.17) is 4.74 Å². The molecule has 2 unspecified atom stereocenters. The van der Waals surface area contributed by atoms with E-state index in [0.717, 1.165) is 37.3 Å². The number of Topliss-reactive ketones (excluding diaryl/α,β-unsaturated/α-hetero) is 1. The largest absolute Gasteiger partial charge is 0.416 e. The SMILES string of the molecule is C=CCO[C@H]1CN(C2CCN(c3ccc(F)cc3)C2)CC1CC(=O)CNC1=NCc2ccc(C(F)(F)F)cc21. The molecule has 208 valence electrons. The molecule has 6 nitrogen and oxygen atoms in total. The Labute approximate surface area is 225 Å². The third-order valence-corrected chi connectivity index (χ3v) is 7.75. The number of hydrogen-bond donors (Lipinski definition) is 1. The molecule has 2 aromatic rings. The molecule has 2 saturated heterocycles. The number of benzene rings is 2. The monoisotopic (exact) mass is 544 g/mol. The van der Waals surface area contributed by atoms with Crippen molar-refractivity contribution in [3.05, 3.63) is 77.6 Å². The number of alkyl halides is 3. The summed E-state index contributed by atoms with van der Waals surface area (Å²) in [5.41, 5.74) is 1.36. The Morgan fingerprint density at radius 3 is 2.69 bits per heavy atom. The lowest BCUT2D eigenvalue weighted by molar-refractivity contribution is -0.137. The highest BCUT2D eigenvalue weighted by Gasteiger charge is 2.40. The van der Waals surface area contributed by atoms with Crippen LogP contribution >= 0.6 is 0 Å². The number of rotatable bonds is 9. The average molecular weight is 545 g/mol. The molecule has 3 aliphatic heterocycles. The van der Waals surface area contributed by atoms with Gasteiger partial charge in [-0.1, -0.05) is 12.1 Å². The molecule has 0 spiro atoms. The number of carbonyl (C=O) groups excluding carboxylic acids is 1. The number of ether oxygens (including phenoxy) is 1. The third-order valence-electron chi connectivity index (χ3n) is 7.75. The molecular weight excluding hydrogens is 512 g/mol. The molecule has 0 aliphatic carbocycles. The molecule has 3 heterocycles. The topological polar surface area (TPSA) is 57.2 Å². The van der Waals surface area contributed by atoms with Gasteiger partial charge >= 0.3 is 6.18 Å². The van der Waals surface area contributed by atoms with E-state index in [1.807, 2.05) is 0 Å². The van der Waals surface area contributed by atoms with E-state index in [1.54, 1.807) is 18.2 Å². The van der Waals surface area contributed by atoms with Crippen LogP contribution in [0.4, 0.5) is 23.2 Å². The summed E-state index contributed by atoms with van der Waals surface area (Å²) >= 11 is 0. The van der Waals surface area contributed by atoms with Gasteiger partial charge in [-0.25, -0.2) is 4.39 Å². The number of fused-ring (bicyclic) bond motifs is 1. The van der Waals surface area contributed by atoms with Crippen LogP contribution in [-0.4, -0.2) is 68.0 Å². The van der Waals surface area contributed by atoms with E-state index in [1.165, 1.54) is 18.2 Å². The van der Waals surface area contributed by atoms with E-state index >= 15 is 0 Å². The molecule has 2 aromatic carbocycles. The predicted molar refractivity (Wildman–Crippen MR) is 141 cm³/mol. The summed E-state index contributed by atoms with van der Waals surface area (Å²) in [5, 5.41) is 2.97. The summed E-state index contributed by atoms with van der Waals surface area (Å²) in [6.07, 6.45) is -1.61. The Kier molecular flexibility index (Phi) is 8.04. The van der Waals surface area contributed by atoms with Crippen LogP contribution in [0.25, 0.3) is 0 Å². The summed E-state index contributed by atoms with van der Waals surface area (Å²) in [4.78, 5) is 21.9. The first-order chi connectivity index (χ1) is 18.7. The summed E-state index contributed by atoms with van der Waals surface area (Å²) in [6.45, 7) is 7.52. The summed E-state index contributed by atoms with van der Waals surface area (Å²) in [5.74, 6) is 0.0163. The second kappa shape index (κ2) is 11.5. The van der Waals surface area contributed by atoms with Crippen LogP contribution < -0.4 is 10.2 Å². The van der Waals surface area contributed by atoms with E-state index in [9.17, 15) is 22.4 Å². The van der Waals surface area contributed by atoms with Gasteiger partial charge in [-0.15, -0.1) is 6.58 Å². The molecule has 1 N–H and O–H groups in total. The molecule has 0 saturated carbocycles. The Balaban J connectivity index is 1.17. The van der Waals surface area contributed by atoms with Gasteiger partial charge in [0, 0.05) is 55.8 Å². The van der Waals surface area contributed by atoms with E-state index in [2.05, 4.69) is 26.7 Å². The summed E-state index contributed by atoms with van der Waals surface area (Å²) in [6, 6.07) is 10.4. The molecule has 0 radical (unpaired) electrons. The quantitative estimate of drug-likeness (QED) is 0.374. The second-order valence-electron chi connectivity index (χ2n) is 10.4. The van der Waals surface area contributed by atoms with Gasteiger partial charge in [0.05, 0.1) is 31.4 Å². The number of nitrogens with one attached hydrogen (secondary N) is 1. The van der Waals surface area contributed by atoms with Crippen molar-refractivity contribution in [2.24, 2.45) is 10.9 Å². The lowest BCUT2D eigenvalue weighted by atomic mass is 9.99. The minimum atomic E-state index is -4.44. The second-order valence-corrected chi connectivity index (χ2v) is 10.4. The van der Waals surface area contributed by atoms with Crippen LogP contribution in [0.3, 0.4) is 0 Å². The molecule has 39 heavy (non-hydrogen) atoms. The zero-order chi connectivity index (χ0) is 27.6. The van der Waals surface area contributed by atoms with Crippen molar-refractivity contribution in [1.82, 2.24) is 10.2 Å². The molecule has 0 aromatic heterocycles. The third kappa shape index (κ3) is 6.33. The zero-order valence-corrected chi connectivity index (χ0v) is 21.6. The first-order valence-corrected chi connectivity index (χ1v) is 13.2. The first-order valence-electron chi connectivity index (χ1n) is 13.2. The van der Waals surface area contributed by atoms with Gasteiger partial charge in [-0.2, -0.15) is 13.2 Å². The Morgan fingerprint density at radius 1 is 1.15 bits per heavy atom. The number of aliphatic imine (C=N–C) groups is 1. The number of nitrogens with zero attached hydrogens (tertiary/aromatic N) is 3. The van der Waals surface area contributed by atoms with Crippen LogP contribution in [0.5, 0.6) is 0 Å². The molecule has 0 bridgehead atoms. The van der Waals surface area contributed by atoms with Gasteiger partial charge in [0.25, 0.3) is 0 Å². The normalized spacial score (nSPS) is 23.1. The minimum absolute atomic E-state index is 0.00578. The van der Waals surface area contributed by atoms with Crippen LogP contribution in [-0.2, 0) is 22.3 Å². The molecule has 3 atom stereocenters. The van der Waals surface area contributed by atoms with Gasteiger partial charge in [0.2, 0.25) is 0 Å². The Bertz CT molecular complexity index is 1230. The number of amidine groups is 1. The van der Waals surface area contributed by atoms with Crippen molar-refractivity contribution in [1.29, 1.82) is 0 Å². The highest BCUT2D eigenvalue weighted by molar-refractivity contribution is 6.03. The number of carbonyl (C=O) groups is 1. The Hall–Kier alpha value is -3.24. The first kappa shape index (κ1) is 27.3. The highest BCUT2D eigenvalue weighted by Crippen LogP contribution is 2.33. The zero-order valence-electron chi connectivity index (χ0n) is 21.6. The van der Waals surface area contributed by atoms with E-state index < -0.39 is 11.7 Å². The van der Waals surface area contributed by atoms with Crippen LogP contribution in [0, 0.1) is 11.7 Å². The molecular formula is C29H32F4N4O2. The van der Waals surface area contributed by atoms with Crippen molar-refractivity contribution < 1.29 is 27.1 Å². The van der Waals surface area contributed by atoms with Gasteiger partial charge in [-0.05, 0) is 48.4 Å². The predicted octanol–water partition coefficient (Wildman–Crippen LogP) is 4.44. The van der Waals surface area contributed by atoms with E-state index in [0.29, 0.717) is 49.1 Å². The van der Waals surface area contributed by atoms with E-state index in [-0.39, 0.29) is 36.7 Å². The lowest BCUT2D eigenvalue weighted by Crippen LogP contribution is -2.36. The molecule has 3 aliphatic rings. The lowest BCUT2D eigenvalue weighted by Gasteiger charge is -2.25. The maximum absolute atomic E-state index is 13.3. The van der Waals surface area contributed by atoms with Crippen LogP contribution in [0.1, 0.15) is 29.5 Å². The highest BCUT2D eigenvalue weighted by atomic mass is 19.4. The summed E-state index contributed by atoms with van der Waals surface area (Å²) in [7, 11) is 0. The number of ketones is 1. The molecule has 2 fully saturated rings. The summed E-state index contributed by atoms with van der Waals surface area (Å²) < 4.78 is 58.8. The number of anilines is 1. The van der Waals surface area contributed by atoms with Crippen LogP contribution in [0.15, 0.2) is 60.1 Å². The van der Waals surface area contributed by atoms with Crippen molar-refractivity contribution in [2.45, 2.75) is 37.7 Å². The van der Waals surface area contributed by atoms with Gasteiger partial charge in [0.15, 0.2) is 5.78 Å². The van der Waals surface area contributed by atoms with Gasteiger partial charge in [0.1, 0.15) is 11.7 Å². The van der Waals surface area contributed by atoms with Crippen molar-refractivity contribution in [3.63, 3.8) is 0 Å². The van der Waals surface area contributed by atoms with Crippen molar-refractivity contribution >= 4 is 17.3 Å². The fraction of sp³-hybridized carbons (Fsp3) is 0.448. The molecule has 10 heteroatoms. The van der Waals surface area contributed by atoms with Gasteiger partial charge in [-0.3, -0.25) is 14.7 Å². The van der Waals surface area contributed by atoms with Crippen molar-refractivity contribution in [2.75, 3.05) is 44.2 Å². The standard InChI is InChI=1S/C29H32F4N4O2/c1-2-11-39-27-18-37(24-9-10-36(17-24)23-7-5-22(30)6-8-23)16-20(27)12-25(38)15-35-28-26-13-21(29(31,32)33)4-3-19(26)14-34-28/h2-8,13,20,24,27H,1,9-12,14-18H2,(H,34,35)/t20?,24?,27-/m0/s1. The van der Waals surface area contributed by atoms with Gasteiger partial charge < -0.3 is 15.0 Å². The smallest absolute Gasteiger partial charge is 0.372 e. The number of halogens is 4. The average Bonchev–Trinajstić information content (AvgIpc) is 3.64. The fourth-order valence-corrected chi connectivity index (χ4v) is 5.73. The minimum Gasteiger partial charge on any atom is -0.372 e. The van der Waals surface area contributed by atoms with Crippen LogP contribution in [0.2, 0.25) is 0 Å². The number of likely N-dealkylation sites (tertiary alicyclic amines) is 1. The van der Waals surface area contributed by atoms with Crippen molar-refractivity contribution in [3.8, 4) is 0 Å². The Morgan fingerprint density at radius 2 is 1.95 bits per heavy atom. The maximum atomic E-state index is 13.3. The fourth-order valence-electron chi connectivity index (χ4n) is 5.73. The number of hydrogen-bond acceptors (Lipinski definition) is 6. The maximum Gasteiger partial charge on any atom is 0.416 e. The molecule has 5 rings (SSSR count).